The summed E-state index contributed by atoms with van der Waals surface area (Å²) in [5.41, 5.74) is 1.52. The smallest absolute Gasteiger partial charge is 0.304 e. The maximum Gasteiger partial charge on any atom is 0.304 e. The van der Waals surface area contributed by atoms with Gasteiger partial charge in [0.15, 0.2) is 0 Å². The van der Waals surface area contributed by atoms with Crippen LogP contribution in [0.1, 0.15) is 37.0 Å². The summed E-state index contributed by atoms with van der Waals surface area (Å²) in [7, 11) is 0. The van der Waals surface area contributed by atoms with E-state index >= 15 is 0 Å². The number of aliphatic carboxylic acids is 1. The number of halogens is 1. The van der Waals surface area contributed by atoms with E-state index in [0.29, 0.717) is 11.1 Å². The highest BCUT2D eigenvalue weighted by Crippen LogP contribution is 2.29. The van der Waals surface area contributed by atoms with Crippen molar-refractivity contribution in [2.24, 2.45) is 0 Å². The lowest BCUT2D eigenvalue weighted by atomic mass is 9.80. The Balaban J connectivity index is 3.18. The van der Waals surface area contributed by atoms with Crippen molar-refractivity contribution in [3.8, 4) is 0 Å². The van der Waals surface area contributed by atoms with Gasteiger partial charge in [-0.15, -0.1) is 0 Å². The first kappa shape index (κ1) is 12.7. The van der Waals surface area contributed by atoms with Crippen LogP contribution in [0, 0.1) is 19.7 Å². The molecule has 0 saturated heterocycles. The number of hydrogen-bond donors (Lipinski definition) is 1. The highest BCUT2D eigenvalue weighted by molar-refractivity contribution is 5.69. The third kappa shape index (κ3) is 2.60. The molecule has 0 aliphatic heterocycles. The topological polar surface area (TPSA) is 37.3 Å². The molecule has 3 heteroatoms. The molecule has 1 N–H and O–H groups in total. The Morgan fingerprint density at radius 1 is 1.31 bits per heavy atom. The Bertz CT molecular complexity index is 399. The molecule has 1 rings (SSSR count). The molecule has 0 fully saturated rings. The van der Waals surface area contributed by atoms with Crippen LogP contribution in [0.15, 0.2) is 12.1 Å². The number of aryl methyl sites for hydroxylation is 2. The summed E-state index contributed by atoms with van der Waals surface area (Å²) >= 11 is 0. The molecule has 0 radical (unpaired) electrons. The molecular formula is C13H17FO2. The lowest BCUT2D eigenvalue weighted by Crippen LogP contribution is -2.22. The molecule has 0 aromatic heterocycles. The van der Waals surface area contributed by atoms with Gasteiger partial charge in [0.1, 0.15) is 5.82 Å². The van der Waals surface area contributed by atoms with Crippen molar-refractivity contribution in [1.82, 2.24) is 0 Å². The van der Waals surface area contributed by atoms with Crippen molar-refractivity contribution < 1.29 is 14.3 Å². The average molecular weight is 224 g/mol. The molecule has 0 spiro atoms. The molecule has 0 aliphatic carbocycles. The second-order valence-corrected chi connectivity index (χ2v) is 4.88. The first-order chi connectivity index (χ1) is 7.24. The highest BCUT2D eigenvalue weighted by Gasteiger charge is 2.25. The van der Waals surface area contributed by atoms with E-state index in [-0.39, 0.29) is 12.2 Å². The maximum absolute atomic E-state index is 13.4. The van der Waals surface area contributed by atoms with Crippen LogP contribution in [-0.2, 0) is 10.2 Å². The molecule has 2 nitrogen and oxygen atoms in total. The van der Waals surface area contributed by atoms with Gasteiger partial charge in [-0.25, -0.2) is 4.39 Å². The van der Waals surface area contributed by atoms with Gasteiger partial charge in [0, 0.05) is 5.41 Å². The SMILES string of the molecule is Cc1cc(C(C)(C)CC(=O)O)cc(C)c1F. The van der Waals surface area contributed by atoms with Gasteiger partial charge in [-0.05, 0) is 30.5 Å². The zero-order valence-corrected chi connectivity index (χ0v) is 10.1. The Kier molecular flexibility index (Phi) is 3.36. The third-order valence-corrected chi connectivity index (χ3v) is 2.81. The van der Waals surface area contributed by atoms with Gasteiger partial charge in [-0.2, -0.15) is 0 Å². The summed E-state index contributed by atoms with van der Waals surface area (Å²) in [5, 5.41) is 8.83. The largest absolute Gasteiger partial charge is 0.481 e. The Morgan fingerprint density at radius 2 is 1.75 bits per heavy atom. The second-order valence-electron chi connectivity index (χ2n) is 4.88. The molecule has 0 atom stereocenters. The summed E-state index contributed by atoms with van der Waals surface area (Å²) in [6.45, 7) is 7.10. The monoisotopic (exact) mass is 224 g/mol. The standard InChI is InChI=1S/C13H17FO2/c1-8-5-10(6-9(2)12(8)14)13(3,4)7-11(15)16/h5-6H,7H2,1-4H3,(H,15,16). The molecule has 0 heterocycles. The van der Waals surface area contributed by atoms with E-state index in [9.17, 15) is 9.18 Å². The molecule has 1 aromatic carbocycles. The van der Waals surface area contributed by atoms with Crippen LogP contribution in [0.2, 0.25) is 0 Å². The van der Waals surface area contributed by atoms with Crippen molar-refractivity contribution in [3.05, 3.63) is 34.6 Å². The zero-order valence-electron chi connectivity index (χ0n) is 10.1. The quantitative estimate of drug-likeness (QED) is 0.856. The molecule has 88 valence electrons. The lowest BCUT2D eigenvalue weighted by molar-refractivity contribution is -0.138. The highest BCUT2D eigenvalue weighted by atomic mass is 19.1. The van der Waals surface area contributed by atoms with Crippen LogP contribution < -0.4 is 0 Å². The van der Waals surface area contributed by atoms with E-state index in [1.165, 1.54) is 0 Å². The average Bonchev–Trinajstić information content (AvgIpc) is 2.11. The predicted molar refractivity (Wildman–Crippen MR) is 61.2 cm³/mol. The van der Waals surface area contributed by atoms with Crippen molar-refractivity contribution in [2.75, 3.05) is 0 Å². The number of rotatable bonds is 3. The minimum absolute atomic E-state index is 0.0392. The van der Waals surface area contributed by atoms with Crippen molar-refractivity contribution in [1.29, 1.82) is 0 Å². The van der Waals surface area contributed by atoms with Crippen molar-refractivity contribution in [3.63, 3.8) is 0 Å². The second kappa shape index (κ2) is 4.24. The van der Waals surface area contributed by atoms with E-state index in [0.717, 1.165) is 5.56 Å². The van der Waals surface area contributed by atoms with Crippen molar-refractivity contribution in [2.45, 2.75) is 39.5 Å². The van der Waals surface area contributed by atoms with Gasteiger partial charge in [0.25, 0.3) is 0 Å². The maximum atomic E-state index is 13.4. The fraction of sp³-hybridized carbons (Fsp3) is 0.462. The lowest BCUT2D eigenvalue weighted by Gasteiger charge is -2.24. The van der Waals surface area contributed by atoms with Gasteiger partial charge < -0.3 is 5.11 Å². The Hall–Kier alpha value is -1.38. The van der Waals surface area contributed by atoms with E-state index in [4.69, 9.17) is 5.11 Å². The van der Waals surface area contributed by atoms with Crippen LogP contribution in [-0.4, -0.2) is 11.1 Å². The first-order valence-corrected chi connectivity index (χ1v) is 5.23. The number of carboxylic acids is 1. The molecule has 1 aromatic rings. The van der Waals surface area contributed by atoms with Crippen molar-refractivity contribution >= 4 is 5.97 Å². The molecule has 16 heavy (non-hydrogen) atoms. The number of carbonyl (C=O) groups is 1. The summed E-state index contributed by atoms with van der Waals surface area (Å²) in [6, 6.07) is 3.45. The summed E-state index contributed by atoms with van der Waals surface area (Å²) in [5.74, 6) is -1.06. The number of carboxylic acid groups (broad SMARTS) is 1. The first-order valence-electron chi connectivity index (χ1n) is 5.23. The Labute approximate surface area is 95.1 Å². The predicted octanol–water partition coefficient (Wildman–Crippen LogP) is 3.19. The van der Waals surface area contributed by atoms with Crippen LogP contribution in [0.5, 0.6) is 0 Å². The summed E-state index contributed by atoms with van der Waals surface area (Å²) in [6.07, 6.45) is 0.0392. The van der Waals surface area contributed by atoms with Gasteiger partial charge in [0.2, 0.25) is 0 Å². The van der Waals surface area contributed by atoms with E-state index in [1.807, 2.05) is 13.8 Å². The van der Waals surface area contributed by atoms with Gasteiger partial charge in [0.05, 0.1) is 6.42 Å². The van der Waals surface area contributed by atoms with Gasteiger partial charge in [-0.1, -0.05) is 26.0 Å². The Morgan fingerprint density at radius 3 is 2.12 bits per heavy atom. The molecular weight excluding hydrogens is 207 g/mol. The van der Waals surface area contributed by atoms with Crippen LogP contribution in [0.25, 0.3) is 0 Å². The normalized spacial score (nSPS) is 11.6. The minimum Gasteiger partial charge on any atom is -0.481 e. The summed E-state index contributed by atoms with van der Waals surface area (Å²) < 4.78 is 13.4. The van der Waals surface area contributed by atoms with Crippen LogP contribution in [0.3, 0.4) is 0 Å². The fourth-order valence-corrected chi connectivity index (χ4v) is 1.82. The van der Waals surface area contributed by atoms with Crippen LogP contribution >= 0.6 is 0 Å². The fourth-order valence-electron chi connectivity index (χ4n) is 1.82. The van der Waals surface area contributed by atoms with Gasteiger partial charge in [-0.3, -0.25) is 4.79 Å². The molecule has 0 unspecified atom stereocenters. The van der Waals surface area contributed by atoms with E-state index in [1.54, 1.807) is 26.0 Å². The summed E-state index contributed by atoms with van der Waals surface area (Å²) in [4.78, 5) is 10.8. The number of benzene rings is 1. The molecule has 0 aliphatic rings. The third-order valence-electron chi connectivity index (χ3n) is 2.81. The van der Waals surface area contributed by atoms with E-state index < -0.39 is 11.4 Å². The molecule has 0 saturated carbocycles. The molecule has 0 amide bonds. The van der Waals surface area contributed by atoms with Crippen LogP contribution in [0.4, 0.5) is 4.39 Å². The zero-order chi connectivity index (χ0) is 12.5. The van der Waals surface area contributed by atoms with E-state index in [2.05, 4.69) is 0 Å². The van der Waals surface area contributed by atoms with Gasteiger partial charge >= 0.3 is 5.97 Å². The minimum atomic E-state index is -0.843. The number of hydrogen-bond acceptors (Lipinski definition) is 1. The molecule has 0 bridgehead atoms.